The lowest BCUT2D eigenvalue weighted by atomic mass is 10.2. The lowest BCUT2D eigenvalue weighted by molar-refractivity contribution is -0.384. The van der Waals surface area contributed by atoms with E-state index in [1.54, 1.807) is 7.11 Å². The van der Waals surface area contributed by atoms with Crippen molar-refractivity contribution in [2.24, 2.45) is 0 Å². The SMILES string of the molecule is COCCOCCCNc1c(Cl)cc([N+](=O)[O-])cc1Cl. The molecule has 8 heteroatoms. The summed E-state index contributed by atoms with van der Waals surface area (Å²) in [6, 6.07) is 2.54. The van der Waals surface area contributed by atoms with E-state index in [2.05, 4.69) is 5.32 Å². The molecule has 20 heavy (non-hydrogen) atoms. The largest absolute Gasteiger partial charge is 0.383 e. The Labute approximate surface area is 127 Å². The van der Waals surface area contributed by atoms with E-state index in [0.29, 0.717) is 32.1 Å². The zero-order valence-electron chi connectivity index (χ0n) is 11.0. The smallest absolute Gasteiger partial charge is 0.272 e. The van der Waals surface area contributed by atoms with Crippen LogP contribution in [0.25, 0.3) is 0 Å². The molecule has 0 aliphatic heterocycles. The lowest BCUT2D eigenvalue weighted by Gasteiger charge is -2.10. The number of hydrogen-bond acceptors (Lipinski definition) is 5. The highest BCUT2D eigenvalue weighted by molar-refractivity contribution is 6.39. The summed E-state index contributed by atoms with van der Waals surface area (Å²) in [5.41, 5.74) is 0.365. The van der Waals surface area contributed by atoms with Gasteiger partial charge in [0.05, 0.1) is 33.9 Å². The summed E-state index contributed by atoms with van der Waals surface area (Å²) in [5.74, 6) is 0. The van der Waals surface area contributed by atoms with Crippen LogP contribution in [0.5, 0.6) is 0 Å². The van der Waals surface area contributed by atoms with Crippen LogP contribution in [0, 0.1) is 10.1 Å². The molecule has 0 aliphatic rings. The highest BCUT2D eigenvalue weighted by Gasteiger charge is 2.14. The number of non-ortho nitro benzene ring substituents is 1. The number of hydrogen-bond donors (Lipinski definition) is 1. The Balaban J connectivity index is 2.42. The molecule has 1 aromatic carbocycles. The lowest BCUT2D eigenvalue weighted by Crippen LogP contribution is -2.09. The number of anilines is 1. The van der Waals surface area contributed by atoms with E-state index in [4.69, 9.17) is 32.7 Å². The van der Waals surface area contributed by atoms with Crippen LogP contribution in [0.4, 0.5) is 11.4 Å². The zero-order chi connectivity index (χ0) is 15.0. The van der Waals surface area contributed by atoms with Gasteiger partial charge in [0.15, 0.2) is 0 Å². The van der Waals surface area contributed by atoms with E-state index in [0.717, 1.165) is 6.42 Å². The molecule has 0 atom stereocenters. The van der Waals surface area contributed by atoms with Gasteiger partial charge in [-0.05, 0) is 6.42 Å². The third-order valence-electron chi connectivity index (χ3n) is 2.44. The van der Waals surface area contributed by atoms with Gasteiger partial charge in [-0.2, -0.15) is 0 Å². The summed E-state index contributed by atoms with van der Waals surface area (Å²) >= 11 is 11.9. The van der Waals surface area contributed by atoms with Crippen LogP contribution in [0.1, 0.15) is 6.42 Å². The molecule has 1 aromatic rings. The van der Waals surface area contributed by atoms with E-state index in [-0.39, 0.29) is 15.7 Å². The first-order chi connectivity index (χ1) is 9.56. The molecule has 0 fully saturated rings. The number of nitro benzene ring substituents is 1. The first-order valence-corrected chi connectivity index (χ1v) is 6.76. The summed E-state index contributed by atoms with van der Waals surface area (Å²) in [7, 11) is 1.61. The summed E-state index contributed by atoms with van der Waals surface area (Å²) in [6.07, 6.45) is 0.757. The number of methoxy groups -OCH3 is 1. The van der Waals surface area contributed by atoms with Crippen molar-refractivity contribution in [3.8, 4) is 0 Å². The van der Waals surface area contributed by atoms with E-state index >= 15 is 0 Å². The van der Waals surface area contributed by atoms with Gasteiger partial charge in [0.1, 0.15) is 0 Å². The topological polar surface area (TPSA) is 73.6 Å². The molecule has 0 radical (unpaired) electrons. The molecule has 0 unspecified atom stereocenters. The number of rotatable bonds is 9. The fourth-order valence-corrected chi connectivity index (χ4v) is 2.08. The normalized spacial score (nSPS) is 10.6. The molecule has 0 saturated heterocycles. The molecular weight excluding hydrogens is 307 g/mol. The first kappa shape index (κ1) is 17.0. The van der Waals surface area contributed by atoms with Crippen LogP contribution in [0.2, 0.25) is 10.0 Å². The van der Waals surface area contributed by atoms with Crippen molar-refractivity contribution < 1.29 is 14.4 Å². The maximum atomic E-state index is 10.6. The van der Waals surface area contributed by atoms with Gasteiger partial charge in [-0.3, -0.25) is 10.1 Å². The Morgan fingerprint density at radius 2 is 1.90 bits per heavy atom. The van der Waals surface area contributed by atoms with Gasteiger partial charge in [-0.15, -0.1) is 0 Å². The summed E-state index contributed by atoms with van der Waals surface area (Å²) < 4.78 is 10.2. The van der Waals surface area contributed by atoms with Crippen molar-refractivity contribution in [3.63, 3.8) is 0 Å². The van der Waals surface area contributed by atoms with Crippen LogP contribution in [0.3, 0.4) is 0 Å². The number of halogens is 2. The molecule has 0 saturated carbocycles. The molecule has 1 rings (SSSR count). The van der Waals surface area contributed by atoms with E-state index in [1.807, 2.05) is 0 Å². The van der Waals surface area contributed by atoms with E-state index in [9.17, 15) is 10.1 Å². The second-order valence-electron chi connectivity index (χ2n) is 3.93. The molecule has 112 valence electrons. The van der Waals surface area contributed by atoms with Crippen molar-refractivity contribution in [1.29, 1.82) is 0 Å². The maximum Gasteiger partial charge on any atom is 0.272 e. The molecule has 0 spiro atoms. The van der Waals surface area contributed by atoms with Crippen molar-refractivity contribution in [2.75, 3.05) is 38.8 Å². The van der Waals surface area contributed by atoms with Crippen LogP contribution < -0.4 is 5.32 Å². The molecule has 0 aliphatic carbocycles. The monoisotopic (exact) mass is 322 g/mol. The van der Waals surface area contributed by atoms with Gasteiger partial charge in [0.25, 0.3) is 5.69 Å². The highest BCUT2D eigenvalue weighted by atomic mass is 35.5. The average Bonchev–Trinajstić information content (AvgIpc) is 2.40. The van der Waals surface area contributed by atoms with Crippen molar-refractivity contribution in [3.05, 3.63) is 32.3 Å². The van der Waals surface area contributed by atoms with Crippen LogP contribution >= 0.6 is 23.2 Å². The maximum absolute atomic E-state index is 10.6. The second kappa shape index (κ2) is 8.97. The third kappa shape index (κ3) is 5.50. The zero-order valence-corrected chi connectivity index (χ0v) is 12.5. The summed E-state index contributed by atoms with van der Waals surface area (Å²) in [4.78, 5) is 10.1. The van der Waals surface area contributed by atoms with Crippen LogP contribution in [-0.2, 0) is 9.47 Å². The number of nitrogens with one attached hydrogen (secondary N) is 1. The van der Waals surface area contributed by atoms with Gasteiger partial charge in [0, 0.05) is 32.4 Å². The summed E-state index contributed by atoms with van der Waals surface area (Å²) in [6.45, 7) is 2.30. The van der Waals surface area contributed by atoms with Gasteiger partial charge in [-0.25, -0.2) is 0 Å². The van der Waals surface area contributed by atoms with Gasteiger partial charge in [-0.1, -0.05) is 23.2 Å². The van der Waals surface area contributed by atoms with Crippen LogP contribution in [-0.4, -0.2) is 38.4 Å². The Hall–Kier alpha value is -1.08. The van der Waals surface area contributed by atoms with E-state index < -0.39 is 4.92 Å². The fraction of sp³-hybridized carbons (Fsp3) is 0.500. The molecule has 0 bridgehead atoms. The molecular formula is C12H16Cl2N2O4. The minimum absolute atomic E-state index is 0.131. The standard InChI is InChI=1S/C12H16Cl2N2O4/c1-19-5-6-20-4-2-3-15-12-10(13)7-9(16(17)18)8-11(12)14/h7-8,15H,2-6H2,1H3. The Kier molecular flexibility index (Phi) is 7.61. The van der Waals surface area contributed by atoms with Gasteiger partial charge in [0.2, 0.25) is 0 Å². The average molecular weight is 323 g/mol. The minimum Gasteiger partial charge on any atom is -0.383 e. The second-order valence-corrected chi connectivity index (χ2v) is 4.74. The number of benzene rings is 1. The predicted octanol–water partition coefficient (Wildman–Crippen LogP) is 3.37. The van der Waals surface area contributed by atoms with Crippen molar-refractivity contribution in [2.45, 2.75) is 6.42 Å². The Morgan fingerprint density at radius 3 is 2.45 bits per heavy atom. The molecule has 0 heterocycles. The quantitative estimate of drug-likeness (QED) is 0.428. The number of nitro groups is 1. The Morgan fingerprint density at radius 1 is 1.25 bits per heavy atom. The van der Waals surface area contributed by atoms with Crippen molar-refractivity contribution in [1.82, 2.24) is 0 Å². The molecule has 1 N–H and O–H groups in total. The van der Waals surface area contributed by atoms with Gasteiger partial charge < -0.3 is 14.8 Å². The minimum atomic E-state index is -0.537. The first-order valence-electron chi connectivity index (χ1n) is 6.00. The number of nitrogens with zero attached hydrogens (tertiary/aromatic N) is 1. The predicted molar refractivity (Wildman–Crippen MR) is 78.9 cm³/mol. The molecule has 6 nitrogen and oxygen atoms in total. The van der Waals surface area contributed by atoms with E-state index in [1.165, 1.54) is 12.1 Å². The molecule has 0 amide bonds. The third-order valence-corrected chi connectivity index (χ3v) is 3.03. The van der Waals surface area contributed by atoms with Crippen molar-refractivity contribution >= 4 is 34.6 Å². The van der Waals surface area contributed by atoms with Gasteiger partial charge >= 0.3 is 0 Å². The van der Waals surface area contributed by atoms with Crippen LogP contribution in [0.15, 0.2) is 12.1 Å². The highest BCUT2D eigenvalue weighted by Crippen LogP contribution is 2.34. The molecule has 0 aromatic heterocycles. The summed E-state index contributed by atoms with van der Waals surface area (Å²) in [5, 5.41) is 14.1. The number of ether oxygens (including phenoxy) is 2. The fourth-order valence-electron chi connectivity index (χ4n) is 1.47. The Bertz CT molecular complexity index is 434.